The second kappa shape index (κ2) is 47.0. The van der Waals surface area contributed by atoms with E-state index >= 15 is 0 Å². The summed E-state index contributed by atoms with van der Waals surface area (Å²) in [5, 5.41) is 15.3. The van der Waals surface area contributed by atoms with E-state index < -0.39 is 35.2 Å². The van der Waals surface area contributed by atoms with Crippen LogP contribution in [0.5, 0.6) is 0 Å². The molecule has 4 saturated carbocycles. The lowest BCUT2D eigenvalue weighted by molar-refractivity contribution is -0.139. The zero-order valence-electron chi connectivity index (χ0n) is 79.5. The molecule has 3 aromatic carbocycles. The minimum absolute atomic E-state index is 0.0361. The average Bonchev–Trinajstić information content (AvgIpc) is 1.80. The number of alkyl halides is 9. The fourth-order valence-corrected chi connectivity index (χ4v) is 20.8. The van der Waals surface area contributed by atoms with Gasteiger partial charge in [0, 0.05) is 181 Å². The fourth-order valence-electron chi connectivity index (χ4n) is 20.8. The summed E-state index contributed by atoms with van der Waals surface area (Å²) in [5.74, 6) is -1.95. The maximum absolute atomic E-state index is 14.1. The monoisotopic (exact) mass is 1890 g/mol. The number of nitrogens with one attached hydrogen (secondary N) is 5. The Bertz CT molecular complexity index is 4880. The van der Waals surface area contributed by atoms with Crippen LogP contribution in [0.4, 0.5) is 74.4 Å². The van der Waals surface area contributed by atoms with Gasteiger partial charge in [0.1, 0.15) is 0 Å². The van der Waals surface area contributed by atoms with Crippen LogP contribution >= 0.6 is 0 Å². The first-order valence-corrected chi connectivity index (χ1v) is 48.3. The topological polar surface area (TPSA) is 282 Å². The van der Waals surface area contributed by atoms with E-state index in [-0.39, 0.29) is 149 Å². The van der Waals surface area contributed by atoms with Crippen LogP contribution in [0.25, 0.3) is 0 Å². The Balaban J connectivity index is 0.000000173. The van der Waals surface area contributed by atoms with Crippen LogP contribution < -0.4 is 26.6 Å². The highest BCUT2D eigenvalue weighted by Crippen LogP contribution is 2.43. The summed E-state index contributed by atoms with van der Waals surface area (Å²) in [6.07, 6.45) is 5.42. The van der Waals surface area contributed by atoms with Gasteiger partial charge in [-0.1, -0.05) is 19.3 Å². The van der Waals surface area contributed by atoms with Crippen molar-refractivity contribution in [1.29, 1.82) is 0 Å². The summed E-state index contributed by atoms with van der Waals surface area (Å²) in [6, 6.07) is 21.6. The molecule has 9 aliphatic rings. The van der Waals surface area contributed by atoms with Crippen LogP contribution in [-0.2, 0) is 56.9 Å². The number of piperidine rings is 3. The number of likely N-dealkylation sites (tertiary alicyclic amines) is 3. The predicted octanol–water partition coefficient (Wildman–Crippen LogP) is 13.7. The Labute approximate surface area is 787 Å². The first-order valence-electron chi connectivity index (χ1n) is 48.3. The Morgan fingerprint density at radius 1 is 0.400 bits per heavy atom. The van der Waals surface area contributed by atoms with Crippen molar-refractivity contribution in [3.8, 4) is 0 Å². The number of carbonyl (C=O) groups excluding carboxylic acids is 6. The molecule has 6 amide bonds. The number of carbonyl (C=O) groups is 6. The number of nitrogens with zero attached hydrogens (tertiary/aromatic N) is 16. The first-order chi connectivity index (χ1) is 64.5. The highest BCUT2D eigenvalue weighted by molar-refractivity contribution is 5.96. The summed E-state index contributed by atoms with van der Waals surface area (Å²) < 4.78 is 131. The largest absolute Gasteiger partial charge is 0.419 e. The number of piperazine rings is 1. The molecule has 5 N–H and O–H groups in total. The molecule has 135 heavy (non-hydrogen) atoms. The molecule has 3 aromatic heterocycles. The molecule has 6 aromatic rings. The lowest BCUT2D eigenvalue weighted by Gasteiger charge is -2.39. The molecule has 28 nitrogen and oxygen atoms in total. The molecule has 37 heteroatoms. The zero-order chi connectivity index (χ0) is 96.4. The molecule has 9 fully saturated rings. The Morgan fingerprint density at radius 2 is 0.733 bits per heavy atom. The second-order valence-corrected chi connectivity index (χ2v) is 38.8. The van der Waals surface area contributed by atoms with Crippen LogP contribution in [-0.4, -0.2) is 313 Å². The van der Waals surface area contributed by atoms with Crippen molar-refractivity contribution < 1.29 is 73.0 Å². The predicted molar refractivity (Wildman–Crippen MR) is 499 cm³/mol. The summed E-state index contributed by atoms with van der Waals surface area (Å²) in [7, 11) is 17.2. The number of amides is 6. The third-order valence-electron chi connectivity index (χ3n) is 29.3. The molecular weight excluding hydrogens is 1750 g/mol. The third kappa shape index (κ3) is 28.3. The molecule has 738 valence electrons. The van der Waals surface area contributed by atoms with E-state index in [0.29, 0.717) is 84.9 Å². The van der Waals surface area contributed by atoms with E-state index in [1.807, 2.05) is 21.1 Å². The number of rotatable bonds is 27. The SMILES string of the molecule is CN1CCC(N(C)C(=O)c2ccc(Nc3ncc(C(F)(F)F)c(C[C@@H]4CCC[C@@H]4C(=O)N(C)C)n3)cc2)CC1.CN1CCC(N(C)C(=O)c2ccc(Nc3ncc(C(F)(F)F)c(C[C@@H]4CCC[C@@H]4C(=O)NC4CCC(N5CCOCC5)CC4)n3)cc2)CC1.CN1CCC(N(C)C(=O)c2ccc(Nc3ncc(C(F)(F)F)c(C[C@@H]4CCC[C@@H]4C(=O)NCCCN4CCN(C)CC4)n3)cc2)CC1. The van der Waals surface area contributed by atoms with Gasteiger partial charge in [0.05, 0.1) is 47.0 Å². The number of ether oxygens (including phenoxy) is 1. The van der Waals surface area contributed by atoms with Gasteiger partial charge in [-0.15, -0.1) is 0 Å². The van der Waals surface area contributed by atoms with E-state index in [4.69, 9.17) is 4.74 Å². The quantitative estimate of drug-likeness (QED) is 0.0237. The van der Waals surface area contributed by atoms with Gasteiger partial charge in [-0.2, -0.15) is 39.5 Å². The zero-order valence-corrected chi connectivity index (χ0v) is 79.5. The standard InChI is InChI=1S/C36H50F3N7O3.C34H49F3N8O2.C28H37F3N6O2/c1-44-16-14-28(15-17-44)45(2)34(48)24-6-8-27(9-7-24)42-35-40-23-31(36(37,38)39)32(43-35)22-25-4-3-5-30(25)33(47)41-26-10-12-29(13-11-26)46-18-20-49-21-19-46;1-42-16-12-27(13-17-42)44(3)32(47)24-8-10-26(11-9-24)40-33-39-23-29(34(35,36)37)30(41-33)22-25-6-4-7-28(25)31(46)38-14-5-15-45-20-18-43(2)19-21-45;1-35(2)26(39)22-7-5-6-19(22)16-24-23(28(29,30)31)17-32-27(34-24)33-20-10-8-18(9-11-20)25(38)37(4)21-12-14-36(3)15-13-21/h6-9,23,25-26,28-30H,3-5,10-22H2,1-2H3,(H,41,47)(H,40,42,43);8-11,23,25,27-28H,4-7,12-22H2,1-3H3,(H,38,46)(H,39,40,41);8-11,17,19,21-22H,5-7,12-16H2,1-4H3,(H,32,33,34)/t25-,26?,29?,30-;25-,28-;19-,22-/m000/s1. The van der Waals surface area contributed by atoms with Gasteiger partial charge in [0.15, 0.2) is 0 Å². The maximum Gasteiger partial charge on any atom is 0.419 e. The Morgan fingerprint density at radius 3 is 1.08 bits per heavy atom. The second-order valence-electron chi connectivity index (χ2n) is 38.8. The third-order valence-corrected chi connectivity index (χ3v) is 29.3. The highest BCUT2D eigenvalue weighted by atomic mass is 19.4. The van der Waals surface area contributed by atoms with E-state index in [0.717, 1.165) is 207 Å². The van der Waals surface area contributed by atoms with Crippen molar-refractivity contribution in [2.45, 2.75) is 196 Å². The number of anilines is 6. The molecule has 5 saturated heterocycles. The minimum atomic E-state index is -4.62. The maximum atomic E-state index is 14.1. The average molecular weight is 1890 g/mol. The summed E-state index contributed by atoms with van der Waals surface area (Å²) >= 11 is 0. The van der Waals surface area contributed by atoms with Crippen molar-refractivity contribution in [2.24, 2.45) is 35.5 Å². The molecule has 5 aliphatic heterocycles. The van der Waals surface area contributed by atoms with Crippen molar-refractivity contribution in [2.75, 3.05) is 184 Å². The normalized spacial score (nSPS) is 23.0. The van der Waals surface area contributed by atoms with Crippen LogP contribution in [0, 0.1) is 35.5 Å². The molecule has 15 rings (SSSR count). The summed E-state index contributed by atoms with van der Waals surface area (Å²) in [4.78, 5) is 124. The van der Waals surface area contributed by atoms with Gasteiger partial charge < -0.3 is 75.4 Å². The number of benzene rings is 3. The van der Waals surface area contributed by atoms with Crippen molar-refractivity contribution in [3.63, 3.8) is 0 Å². The van der Waals surface area contributed by atoms with Crippen molar-refractivity contribution in [3.05, 3.63) is 142 Å². The minimum Gasteiger partial charge on any atom is -0.379 e. The molecule has 0 unspecified atom stereocenters. The van der Waals surface area contributed by atoms with E-state index in [1.54, 1.807) is 102 Å². The smallest absolute Gasteiger partial charge is 0.379 e. The lowest BCUT2D eigenvalue weighted by Crippen LogP contribution is -2.48. The lowest BCUT2D eigenvalue weighted by atomic mass is 9.87. The molecule has 6 atom stereocenters. The van der Waals surface area contributed by atoms with Crippen LogP contribution in [0.3, 0.4) is 0 Å². The van der Waals surface area contributed by atoms with E-state index in [1.165, 1.54) is 4.90 Å². The molecule has 0 bridgehead atoms. The number of morpholine rings is 1. The van der Waals surface area contributed by atoms with Crippen LogP contribution in [0.2, 0.25) is 0 Å². The van der Waals surface area contributed by atoms with Crippen LogP contribution in [0.15, 0.2) is 91.4 Å². The molecule has 4 aliphatic carbocycles. The number of hydrogen-bond donors (Lipinski definition) is 5. The Hall–Kier alpha value is -9.79. The van der Waals surface area contributed by atoms with Gasteiger partial charge in [-0.25, -0.2) is 29.9 Å². The fraction of sp³-hybridized carbons (Fsp3) is 0.633. The van der Waals surface area contributed by atoms with E-state index in [2.05, 4.69) is 114 Å². The summed E-state index contributed by atoms with van der Waals surface area (Å²) in [6.45, 7) is 14.8. The summed E-state index contributed by atoms with van der Waals surface area (Å²) in [5.41, 5.74) is 0.330. The first kappa shape index (κ1) is 103. The number of halogens is 9. The van der Waals surface area contributed by atoms with Gasteiger partial charge in [0.2, 0.25) is 35.6 Å². The van der Waals surface area contributed by atoms with Crippen molar-refractivity contribution >= 4 is 70.4 Å². The molecular formula is C98H136F9N21O7. The number of hydrogen-bond acceptors (Lipinski definition) is 22. The number of aromatic nitrogens is 6. The van der Waals surface area contributed by atoms with Gasteiger partial charge >= 0.3 is 18.5 Å². The van der Waals surface area contributed by atoms with Gasteiger partial charge in [0.25, 0.3) is 17.7 Å². The van der Waals surface area contributed by atoms with Gasteiger partial charge in [-0.3, -0.25) is 33.7 Å². The highest BCUT2D eigenvalue weighted by Gasteiger charge is 2.44. The van der Waals surface area contributed by atoms with Crippen LogP contribution in [0.1, 0.15) is 193 Å². The Kier molecular flexibility index (Phi) is 35.8. The van der Waals surface area contributed by atoms with Gasteiger partial charge in [-0.05, 0) is 293 Å². The molecule has 8 heterocycles. The van der Waals surface area contributed by atoms with Crippen molar-refractivity contribution in [1.82, 2.24) is 89.5 Å². The molecule has 0 radical (unpaired) electrons. The van der Waals surface area contributed by atoms with E-state index in [9.17, 15) is 68.3 Å². The molecule has 0 spiro atoms. The number of likely N-dealkylation sites (N-methyl/N-ethyl adjacent to an activating group) is 1.